The van der Waals surface area contributed by atoms with Crippen LogP contribution in [0.15, 0.2) is 24.3 Å². The molecule has 102 valence electrons. The fourth-order valence-corrected chi connectivity index (χ4v) is 2.12. The molecule has 0 radical (unpaired) electrons. The highest BCUT2D eigenvalue weighted by Gasteiger charge is 2.19. The lowest BCUT2D eigenvalue weighted by atomic mass is 10.2. The highest BCUT2D eigenvalue weighted by Crippen LogP contribution is 2.21. The van der Waals surface area contributed by atoms with Crippen LogP contribution in [0.25, 0.3) is 10.9 Å². The first-order valence-electron chi connectivity index (χ1n) is 6.78. The Morgan fingerprint density at radius 2 is 2.05 bits per heavy atom. The summed E-state index contributed by atoms with van der Waals surface area (Å²) in [5.74, 6) is 0.0163. The molecule has 1 amide bonds. The van der Waals surface area contributed by atoms with Crippen LogP contribution in [0.5, 0.6) is 0 Å². The molecule has 4 nitrogen and oxygen atoms in total. The summed E-state index contributed by atoms with van der Waals surface area (Å²) in [6.07, 6.45) is 0.928. The van der Waals surface area contributed by atoms with Gasteiger partial charge in [0.1, 0.15) is 6.04 Å². The molecule has 0 fully saturated rings. The van der Waals surface area contributed by atoms with Crippen LogP contribution >= 0.6 is 0 Å². The normalized spacial score (nSPS) is 14.3. The lowest BCUT2D eigenvalue weighted by Gasteiger charge is -2.17. The largest absolute Gasteiger partial charge is 0.352 e. The van der Waals surface area contributed by atoms with Crippen LogP contribution < -0.4 is 5.32 Å². The number of rotatable bonds is 4. The van der Waals surface area contributed by atoms with Crippen LogP contribution in [0.2, 0.25) is 0 Å². The number of benzene rings is 1. The summed E-state index contributed by atoms with van der Waals surface area (Å²) < 4.78 is 1.81. The van der Waals surface area contributed by atoms with Crippen molar-refractivity contribution in [1.29, 1.82) is 0 Å². The Kier molecular flexibility index (Phi) is 3.88. The van der Waals surface area contributed by atoms with Crippen molar-refractivity contribution in [3.05, 3.63) is 30.0 Å². The number of carbonyl (C=O) groups is 1. The van der Waals surface area contributed by atoms with E-state index in [9.17, 15) is 4.79 Å². The summed E-state index contributed by atoms with van der Waals surface area (Å²) in [6.45, 7) is 7.93. The standard InChI is InChI=1S/C15H21N3O/c1-5-10(2)16-15(19)12(4)18-14-9-7-6-8-13(14)11(3)17-18/h6-10,12H,5H2,1-4H3,(H,16,19). The number of nitrogens with zero attached hydrogens (tertiary/aromatic N) is 2. The van der Waals surface area contributed by atoms with Gasteiger partial charge in [-0.1, -0.05) is 25.1 Å². The molecule has 2 unspecified atom stereocenters. The van der Waals surface area contributed by atoms with Crippen molar-refractivity contribution in [2.24, 2.45) is 0 Å². The summed E-state index contributed by atoms with van der Waals surface area (Å²) in [5, 5.41) is 8.60. The molecule has 0 saturated carbocycles. The van der Waals surface area contributed by atoms with Gasteiger partial charge in [-0.15, -0.1) is 0 Å². The van der Waals surface area contributed by atoms with Crippen LogP contribution in [-0.4, -0.2) is 21.7 Å². The fourth-order valence-electron chi connectivity index (χ4n) is 2.12. The van der Waals surface area contributed by atoms with Gasteiger partial charge in [0.2, 0.25) is 5.91 Å². The molecule has 1 aromatic carbocycles. The number of hydrogen-bond acceptors (Lipinski definition) is 2. The van der Waals surface area contributed by atoms with E-state index in [0.29, 0.717) is 0 Å². The van der Waals surface area contributed by atoms with E-state index in [0.717, 1.165) is 23.0 Å². The first-order valence-corrected chi connectivity index (χ1v) is 6.78. The van der Waals surface area contributed by atoms with E-state index in [1.807, 2.05) is 49.7 Å². The Morgan fingerprint density at radius 1 is 1.37 bits per heavy atom. The second-order valence-corrected chi connectivity index (χ2v) is 5.04. The van der Waals surface area contributed by atoms with E-state index in [-0.39, 0.29) is 18.0 Å². The van der Waals surface area contributed by atoms with Gasteiger partial charge in [-0.25, -0.2) is 0 Å². The molecule has 2 rings (SSSR count). The van der Waals surface area contributed by atoms with E-state index in [2.05, 4.69) is 17.3 Å². The molecule has 0 saturated heterocycles. The summed E-state index contributed by atoms with van der Waals surface area (Å²) in [5.41, 5.74) is 1.96. The minimum atomic E-state index is -0.299. The SMILES string of the molecule is CCC(C)NC(=O)C(C)n1nc(C)c2ccccc21. The third-order valence-electron chi connectivity index (χ3n) is 3.55. The van der Waals surface area contributed by atoms with Crippen molar-refractivity contribution in [3.8, 4) is 0 Å². The van der Waals surface area contributed by atoms with Crippen molar-refractivity contribution in [1.82, 2.24) is 15.1 Å². The smallest absolute Gasteiger partial charge is 0.244 e. The van der Waals surface area contributed by atoms with Gasteiger partial charge in [0.05, 0.1) is 11.2 Å². The Morgan fingerprint density at radius 3 is 2.74 bits per heavy atom. The number of hydrogen-bond donors (Lipinski definition) is 1. The van der Waals surface area contributed by atoms with Gasteiger partial charge >= 0.3 is 0 Å². The summed E-state index contributed by atoms with van der Waals surface area (Å²) in [7, 11) is 0. The van der Waals surface area contributed by atoms with Gasteiger partial charge in [0.15, 0.2) is 0 Å². The average molecular weight is 259 g/mol. The van der Waals surface area contributed by atoms with Crippen molar-refractivity contribution in [3.63, 3.8) is 0 Å². The average Bonchev–Trinajstić information content (AvgIpc) is 2.75. The number of nitrogens with one attached hydrogen (secondary N) is 1. The topological polar surface area (TPSA) is 46.9 Å². The maximum atomic E-state index is 12.2. The molecule has 0 spiro atoms. The summed E-state index contributed by atoms with van der Waals surface area (Å²) in [6, 6.07) is 7.89. The maximum absolute atomic E-state index is 12.2. The van der Waals surface area contributed by atoms with E-state index in [4.69, 9.17) is 0 Å². The third kappa shape index (κ3) is 2.62. The van der Waals surface area contributed by atoms with Crippen LogP contribution in [0.4, 0.5) is 0 Å². The number of para-hydroxylation sites is 1. The zero-order chi connectivity index (χ0) is 14.0. The quantitative estimate of drug-likeness (QED) is 0.917. The molecule has 1 heterocycles. The van der Waals surface area contributed by atoms with Crippen LogP contribution in [-0.2, 0) is 4.79 Å². The number of fused-ring (bicyclic) bond motifs is 1. The highest BCUT2D eigenvalue weighted by molar-refractivity contribution is 5.86. The Bertz CT molecular complexity index is 588. The highest BCUT2D eigenvalue weighted by atomic mass is 16.2. The van der Waals surface area contributed by atoms with Gasteiger partial charge in [-0.2, -0.15) is 5.10 Å². The number of aryl methyl sites for hydroxylation is 1. The molecule has 0 aliphatic rings. The van der Waals surface area contributed by atoms with Gasteiger partial charge in [0, 0.05) is 11.4 Å². The van der Waals surface area contributed by atoms with E-state index in [1.54, 1.807) is 0 Å². The molecule has 1 aromatic heterocycles. The second-order valence-electron chi connectivity index (χ2n) is 5.04. The van der Waals surface area contributed by atoms with Crippen molar-refractivity contribution < 1.29 is 4.79 Å². The van der Waals surface area contributed by atoms with E-state index >= 15 is 0 Å². The minimum absolute atomic E-state index is 0.0163. The fraction of sp³-hybridized carbons (Fsp3) is 0.467. The van der Waals surface area contributed by atoms with Crippen molar-refractivity contribution in [2.45, 2.75) is 46.2 Å². The molecule has 4 heteroatoms. The molecular formula is C15H21N3O. The Balaban J connectivity index is 2.31. The molecule has 2 atom stereocenters. The van der Waals surface area contributed by atoms with Crippen molar-refractivity contribution >= 4 is 16.8 Å². The summed E-state index contributed by atoms with van der Waals surface area (Å²) >= 11 is 0. The zero-order valence-electron chi connectivity index (χ0n) is 12.0. The van der Waals surface area contributed by atoms with E-state index in [1.165, 1.54) is 0 Å². The molecule has 0 aliphatic heterocycles. The molecule has 0 aliphatic carbocycles. The van der Waals surface area contributed by atoms with Crippen LogP contribution in [0.1, 0.15) is 38.9 Å². The lowest BCUT2D eigenvalue weighted by Crippen LogP contribution is -2.37. The van der Waals surface area contributed by atoms with Gasteiger partial charge in [-0.05, 0) is 33.3 Å². The minimum Gasteiger partial charge on any atom is -0.352 e. The first-order chi connectivity index (χ1) is 9.04. The lowest BCUT2D eigenvalue weighted by molar-refractivity contribution is -0.124. The molecular weight excluding hydrogens is 238 g/mol. The molecule has 1 N–H and O–H groups in total. The van der Waals surface area contributed by atoms with E-state index < -0.39 is 0 Å². The summed E-state index contributed by atoms with van der Waals surface area (Å²) in [4.78, 5) is 12.2. The maximum Gasteiger partial charge on any atom is 0.244 e. The Hall–Kier alpha value is -1.84. The zero-order valence-corrected chi connectivity index (χ0v) is 12.0. The van der Waals surface area contributed by atoms with Crippen LogP contribution in [0.3, 0.4) is 0 Å². The first kappa shape index (κ1) is 13.6. The molecule has 2 aromatic rings. The predicted octanol–water partition coefficient (Wildman–Crippen LogP) is 2.82. The van der Waals surface area contributed by atoms with Crippen LogP contribution in [0, 0.1) is 6.92 Å². The number of aromatic nitrogens is 2. The van der Waals surface area contributed by atoms with Gasteiger partial charge < -0.3 is 5.32 Å². The van der Waals surface area contributed by atoms with Crippen molar-refractivity contribution in [2.75, 3.05) is 0 Å². The van der Waals surface area contributed by atoms with Gasteiger partial charge in [0.25, 0.3) is 0 Å². The monoisotopic (exact) mass is 259 g/mol. The Labute approximate surface area is 113 Å². The predicted molar refractivity (Wildman–Crippen MR) is 77.1 cm³/mol. The number of carbonyl (C=O) groups excluding carboxylic acids is 1. The second kappa shape index (κ2) is 5.43. The number of amides is 1. The third-order valence-corrected chi connectivity index (χ3v) is 3.55. The molecule has 0 bridgehead atoms. The van der Waals surface area contributed by atoms with Gasteiger partial charge in [-0.3, -0.25) is 9.48 Å². The molecule has 19 heavy (non-hydrogen) atoms.